The van der Waals surface area contributed by atoms with Crippen LogP contribution in [0, 0.1) is 5.92 Å². The summed E-state index contributed by atoms with van der Waals surface area (Å²) in [7, 11) is 0. The zero-order valence-electron chi connectivity index (χ0n) is 17.7. The summed E-state index contributed by atoms with van der Waals surface area (Å²) in [4.78, 5) is 29.3. The maximum Gasteiger partial charge on any atom is 0.251 e. The van der Waals surface area contributed by atoms with Crippen molar-refractivity contribution in [1.82, 2.24) is 20.8 Å². The maximum atomic E-state index is 12.4. The van der Waals surface area contributed by atoms with E-state index in [0.29, 0.717) is 23.2 Å². The van der Waals surface area contributed by atoms with E-state index < -0.39 is 6.04 Å². The lowest BCUT2D eigenvalue weighted by Crippen LogP contribution is -2.40. The number of carbonyl (C=O) groups excluding carboxylic acids is 2. The first-order chi connectivity index (χ1) is 15.0. The summed E-state index contributed by atoms with van der Waals surface area (Å²) in [6.45, 7) is 3.81. The highest BCUT2D eigenvalue weighted by atomic mass is 16.5. The second-order valence-corrected chi connectivity index (χ2v) is 8.18. The van der Waals surface area contributed by atoms with Gasteiger partial charge in [-0.1, -0.05) is 61.5 Å². The fourth-order valence-corrected chi connectivity index (χ4v) is 3.33. The Balaban J connectivity index is 1.32. The fourth-order valence-electron chi connectivity index (χ4n) is 3.33. The van der Waals surface area contributed by atoms with E-state index in [1.165, 1.54) is 0 Å². The number of amides is 2. The van der Waals surface area contributed by atoms with Gasteiger partial charge in [-0.3, -0.25) is 9.59 Å². The van der Waals surface area contributed by atoms with E-state index in [9.17, 15) is 9.59 Å². The molecule has 1 fully saturated rings. The molecule has 0 saturated heterocycles. The molecule has 1 saturated carbocycles. The second-order valence-electron chi connectivity index (χ2n) is 8.18. The van der Waals surface area contributed by atoms with E-state index in [-0.39, 0.29) is 24.3 Å². The van der Waals surface area contributed by atoms with Crippen LogP contribution in [0.4, 0.5) is 0 Å². The van der Waals surface area contributed by atoms with Crippen molar-refractivity contribution < 1.29 is 14.1 Å². The Kier molecular flexibility index (Phi) is 6.11. The molecule has 1 aromatic heterocycles. The highest BCUT2D eigenvalue weighted by Gasteiger charge is 2.31. The molecular weight excluding hydrogens is 392 g/mol. The third-order valence-corrected chi connectivity index (χ3v) is 5.31. The van der Waals surface area contributed by atoms with Crippen LogP contribution >= 0.6 is 0 Å². The lowest BCUT2D eigenvalue weighted by atomic mass is 10.0. The standard InChI is InChI=1S/C24H26N4O3/c1-15(2)21(24-27-22(28-31-24)18-10-11-18)26-20(29)14-25-23(30)19-12-8-17(9-13-19)16-6-4-3-5-7-16/h3-9,12-13,15,18,21H,10-11,14H2,1-2H3,(H,25,30)(H,26,29). The van der Waals surface area contributed by atoms with Crippen molar-refractivity contribution >= 4 is 11.8 Å². The van der Waals surface area contributed by atoms with Crippen molar-refractivity contribution in [3.05, 3.63) is 71.9 Å². The number of hydrogen-bond acceptors (Lipinski definition) is 5. The number of benzene rings is 2. The van der Waals surface area contributed by atoms with Gasteiger partial charge >= 0.3 is 0 Å². The Morgan fingerprint density at radius 3 is 2.35 bits per heavy atom. The summed E-state index contributed by atoms with van der Waals surface area (Å²) >= 11 is 0. The van der Waals surface area contributed by atoms with Crippen molar-refractivity contribution in [3.63, 3.8) is 0 Å². The second kappa shape index (κ2) is 9.12. The highest BCUT2D eigenvalue weighted by molar-refractivity contribution is 5.96. The van der Waals surface area contributed by atoms with Crippen molar-refractivity contribution in [1.29, 1.82) is 0 Å². The fraction of sp³-hybridized carbons (Fsp3) is 0.333. The first kappa shape index (κ1) is 20.8. The van der Waals surface area contributed by atoms with Crippen LogP contribution in [-0.4, -0.2) is 28.5 Å². The zero-order valence-corrected chi connectivity index (χ0v) is 17.7. The van der Waals surface area contributed by atoms with Crippen LogP contribution in [0.15, 0.2) is 59.1 Å². The molecule has 0 radical (unpaired) electrons. The van der Waals surface area contributed by atoms with Gasteiger partial charge in [-0.2, -0.15) is 4.98 Å². The number of hydrogen-bond donors (Lipinski definition) is 2. The number of aromatic nitrogens is 2. The van der Waals surface area contributed by atoms with Crippen LogP contribution in [0.2, 0.25) is 0 Å². The molecule has 7 heteroatoms. The van der Waals surface area contributed by atoms with Gasteiger partial charge in [-0.15, -0.1) is 0 Å². The molecule has 0 bridgehead atoms. The van der Waals surface area contributed by atoms with Crippen LogP contribution in [0.25, 0.3) is 11.1 Å². The van der Waals surface area contributed by atoms with Gasteiger partial charge in [-0.25, -0.2) is 0 Å². The summed E-state index contributed by atoms with van der Waals surface area (Å²) < 4.78 is 5.37. The van der Waals surface area contributed by atoms with Crippen LogP contribution < -0.4 is 10.6 Å². The predicted octanol–water partition coefficient (Wildman–Crippen LogP) is 3.86. The molecule has 2 N–H and O–H groups in total. The first-order valence-corrected chi connectivity index (χ1v) is 10.6. The Hall–Kier alpha value is -3.48. The molecule has 160 valence electrons. The Labute approximate surface area is 181 Å². The van der Waals surface area contributed by atoms with Gasteiger partial charge in [0.1, 0.15) is 6.04 Å². The minimum atomic E-state index is -0.394. The topological polar surface area (TPSA) is 97.1 Å². The van der Waals surface area contributed by atoms with Gasteiger partial charge in [-0.05, 0) is 42.0 Å². The van der Waals surface area contributed by atoms with Crippen LogP contribution in [0.3, 0.4) is 0 Å². The summed E-state index contributed by atoms with van der Waals surface area (Å²) in [5, 5.41) is 9.59. The molecule has 2 amide bonds. The largest absolute Gasteiger partial charge is 0.343 e. The van der Waals surface area contributed by atoms with Crippen LogP contribution in [0.1, 0.15) is 60.7 Å². The van der Waals surface area contributed by atoms with Gasteiger partial charge in [0.25, 0.3) is 5.91 Å². The highest BCUT2D eigenvalue weighted by Crippen LogP contribution is 2.38. The molecule has 31 heavy (non-hydrogen) atoms. The molecular formula is C24H26N4O3. The van der Waals surface area contributed by atoms with E-state index in [0.717, 1.165) is 24.0 Å². The van der Waals surface area contributed by atoms with Gasteiger partial charge in [0, 0.05) is 11.5 Å². The van der Waals surface area contributed by atoms with E-state index >= 15 is 0 Å². The molecule has 0 aliphatic heterocycles. The zero-order chi connectivity index (χ0) is 21.8. The molecule has 4 rings (SSSR count). The summed E-state index contributed by atoms with van der Waals surface area (Å²) in [6, 6.07) is 16.8. The normalized spacial score (nSPS) is 14.3. The van der Waals surface area contributed by atoms with Crippen molar-refractivity contribution in [3.8, 4) is 11.1 Å². The minimum absolute atomic E-state index is 0.0673. The van der Waals surface area contributed by atoms with E-state index in [1.54, 1.807) is 12.1 Å². The molecule has 1 aliphatic carbocycles. The first-order valence-electron chi connectivity index (χ1n) is 10.6. The number of carbonyl (C=O) groups is 2. The molecule has 1 unspecified atom stereocenters. The van der Waals surface area contributed by atoms with Gasteiger partial charge in [0.15, 0.2) is 5.82 Å². The molecule has 1 aliphatic rings. The van der Waals surface area contributed by atoms with Crippen molar-refractivity contribution in [2.75, 3.05) is 6.54 Å². The lowest BCUT2D eigenvalue weighted by Gasteiger charge is -2.18. The molecule has 2 aromatic carbocycles. The summed E-state index contributed by atoms with van der Waals surface area (Å²) in [6.07, 6.45) is 2.16. The van der Waals surface area contributed by atoms with E-state index in [4.69, 9.17) is 4.52 Å². The Morgan fingerprint density at radius 1 is 1.03 bits per heavy atom. The summed E-state index contributed by atoms with van der Waals surface area (Å²) in [5.74, 6) is 0.963. The van der Waals surface area contributed by atoms with Crippen molar-refractivity contribution in [2.45, 2.75) is 38.6 Å². The Morgan fingerprint density at radius 2 is 1.71 bits per heavy atom. The molecule has 1 atom stereocenters. The molecule has 0 spiro atoms. The number of nitrogens with zero attached hydrogens (tertiary/aromatic N) is 2. The van der Waals surface area contributed by atoms with Crippen LogP contribution in [0.5, 0.6) is 0 Å². The average Bonchev–Trinajstić information content (AvgIpc) is 3.53. The monoisotopic (exact) mass is 418 g/mol. The minimum Gasteiger partial charge on any atom is -0.343 e. The van der Waals surface area contributed by atoms with E-state index in [2.05, 4.69) is 20.8 Å². The predicted molar refractivity (Wildman–Crippen MR) is 116 cm³/mol. The van der Waals surface area contributed by atoms with E-state index in [1.807, 2.05) is 56.3 Å². The van der Waals surface area contributed by atoms with Crippen LogP contribution in [-0.2, 0) is 4.79 Å². The summed E-state index contributed by atoms with van der Waals surface area (Å²) in [5.41, 5.74) is 2.61. The quantitative estimate of drug-likeness (QED) is 0.579. The average molecular weight is 418 g/mol. The third-order valence-electron chi connectivity index (χ3n) is 5.31. The van der Waals surface area contributed by atoms with Gasteiger partial charge < -0.3 is 15.2 Å². The maximum absolute atomic E-state index is 12.4. The number of nitrogens with one attached hydrogen (secondary N) is 2. The SMILES string of the molecule is CC(C)C(NC(=O)CNC(=O)c1ccc(-c2ccccc2)cc1)c1nc(C2CC2)no1. The smallest absolute Gasteiger partial charge is 0.251 e. The molecule has 7 nitrogen and oxygen atoms in total. The Bertz CT molecular complexity index is 1040. The lowest BCUT2D eigenvalue weighted by molar-refractivity contribution is -0.121. The molecule has 3 aromatic rings. The third kappa shape index (κ3) is 5.17. The van der Waals surface area contributed by atoms with Gasteiger partial charge in [0.2, 0.25) is 11.8 Å². The number of rotatable bonds is 8. The van der Waals surface area contributed by atoms with Gasteiger partial charge in [0.05, 0.1) is 6.54 Å². The van der Waals surface area contributed by atoms with Crippen molar-refractivity contribution in [2.24, 2.45) is 5.92 Å². The molecule has 1 heterocycles.